The van der Waals surface area contributed by atoms with Gasteiger partial charge in [0.2, 0.25) is 5.91 Å². The standard InChI is InChI=1S/C24H31NO2S/c1-4-16-25(24(27)15-8-10-19(3)26)22-13-9-12-20(22)18-21-11-6-7-14-23(21)28-17-5-2/h1,6-7,11,14,18,22H,5,8-10,12-13,15-17H2,2-3H3/b20-18+. The van der Waals surface area contributed by atoms with Gasteiger partial charge in [-0.2, -0.15) is 0 Å². The van der Waals surface area contributed by atoms with Crippen LogP contribution in [0.3, 0.4) is 0 Å². The molecule has 0 aromatic heterocycles. The SMILES string of the molecule is C#CCN(C(=O)CCCC(C)=O)C1CCC/C1=C\c1ccccc1SCCC. The van der Waals surface area contributed by atoms with Crippen LogP contribution in [0, 0.1) is 12.3 Å². The van der Waals surface area contributed by atoms with E-state index in [2.05, 4.69) is 43.2 Å². The van der Waals surface area contributed by atoms with Crippen LogP contribution < -0.4 is 0 Å². The number of ketones is 1. The first kappa shape index (κ1) is 22.3. The third-order valence-corrected chi connectivity index (χ3v) is 6.27. The van der Waals surface area contributed by atoms with E-state index in [1.165, 1.54) is 16.0 Å². The number of benzene rings is 1. The zero-order valence-electron chi connectivity index (χ0n) is 17.1. The van der Waals surface area contributed by atoms with Gasteiger partial charge >= 0.3 is 0 Å². The molecule has 1 aromatic rings. The van der Waals surface area contributed by atoms with Crippen molar-refractivity contribution in [1.82, 2.24) is 4.90 Å². The van der Waals surface area contributed by atoms with Crippen LogP contribution in [-0.4, -0.2) is 34.9 Å². The highest BCUT2D eigenvalue weighted by molar-refractivity contribution is 7.99. The predicted molar refractivity (Wildman–Crippen MR) is 118 cm³/mol. The van der Waals surface area contributed by atoms with Crippen molar-refractivity contribution in [3.05, 3.63) is 35.4 Å². The van der Waals surface area contributed by atoms with E-state index >= 15 is 0 Å². The molecule has 150 valence electrons. The first-order valence-electron chi connectivity index (χ1n) is 10.2. The van der Waals surface area contributed by atoms with E-state index in [1.54, 1.807) is 6.92 Å². The maximum absolute atomic E-state index is 12.8. The molecule has 0 aliphatic heterocycles. The van der Waals surface area contributed by atoms with Gasteiger partial charge in [0, 0.05) is 17.7 Å². The Bertz CT molecular complexity index is 747. The number of carbonyl (C=O) groups excluding carboxylic acids is 2. The molecule has 4 heteroatoms. The van der Waals surface area contributed by atoms with Gasteiger partial charge in [-0.3, -0.25) is 4.79 Å². The quantitative estimate of drug-likeness (QED) is 0.395. The molecule has 0 saturated heterocycles. The van der Waals surface area contributed by atoms with E-state index < -0.39 is 0 Å². The highest BCUT2D eigenvalue weighted by Gasteiger charge is 2.29. The summed E-state index contributed by atoms with van der Waals surface area (Å²) in [5.74, 6) is 3.94. The van der Waals surface area contributed by atoms with Crippen molar-refractivity contribution in [2.45, 2.75) is 69.7 Å². The highest BCUT2D eigenvalue weighted by atomic mass is 32.2. The largest absolute Gasteiger partial charge is 0.325 e. The van der Waals surface area contributed by atoms with Crippen molar-refractivity contribution in [3.8, 4) is 12.3 Å². The van der Waals surface area contributed by atoms with Crippen LogP contribution in [-0.2, 0) is 9.59 Å². The van der Waals surface area contributed by atoms with Crippen LogP contribution in [0.25, 0.3) is 6.08 Å². The molecule has 28 heavy (non-hydrogen) atoms. The smallest absolute Gasteiger partial charge is 0.223 e. The number of amides is 1. The van der Waals surface area contributed by atoms with Crippen LogP contribution in [0.4, 0.5) is 0 Å². The Balaban J connectivity index is 2.19. The molecule has 1 unspecified atom stereocenters. The number of rotatable bonds is 10. The Labute approximate surface area is 174 Å². The molecule has 2 rings (SSSR count). The topological polar surface area (TPSA) is 37.4 Å². The fraction of sp³-hybridized carbons (Fsp3) is 0.500. The van der Waals surface area contributed by atoms with Gasteiger partial charge in [0.25, 0.3) is 0 Å². The summed E-state index contributed by atoms with van der Waals surface area (Å²) in [6.45, 7) is 4.08. The van der Waals surface area contributed by atoms with Crippen molar-refractivity contribution in [1.29, 1.82) is 0 Å². The third kappa shape index (κ3) is 6.56. The Morgan fingerprint density at radius 3 is 2.82 bits per heavy atom. The highest BCUT2D eigenvalue weighted by Crippen LogP contribution is 2.34. The Kier molecular flexibility index (Phi) is 9.37. The van der Waals surface area contributed by atoms with Crippen molar-refractivity contribution in [2.75, 3.05) is 12.3 Å². The Morgan fingerprint density at radius 1 is 1.32 bits per heavy atom. The molecule has 1 aliphatic rings. The number of Topliss-reactive ketones (excluding diaryl/α,β-unsaturated/α-hetero) is 1. The lowest BCUT2D eigenvalue weighted by molar-refractivity contribution is -0.132. The summed E-state index contributed by atoms with van der Waals surface area (Å²) in [6.07, 6.45) is 13.4. The van der Waals surface area contributed by atoms with E-state index in [1.807, 2.05) is 16.7 Å². The summed E-state index contributed by atoms with van der Waals surface area (Å²) in [6, 6.07) is 8.54. The van der Waals surface area contributed by atoms with Crippen molar-refractivity contribution < 1.29 is 9.59 Å². The number of hydrogen-bond acceptors (Lipinski definition) is 3. The van der Waals surface area contributed by atoms with Crippen molar-refractivity contribution in [2.24, 2.45) is 0 Å². The number of hydrogen-bond donors (Lipinski definition) is 0. The lowest BCUT2D eigenvalue weighted by Gasteiger charge is -2.29. The minimum absolute atomic E-state index is 0.0608. The summed E-state index contributed by atoms with van der Waals surface area (Å²) in [5, 5.41) is 0. The fourth-order valence-electron chi connectivity index (χ4n) is 3.62. The average molecular weight is 398 g/mol. The van der Waals surface area contributed by atoms with E-state index in [-0.39, 0.29) is 17.7 Å². The van der Waals surface area contributed by atoms with Crippen LogP contribution in [0.2, 0.25) is 0 Å². The van der Waals surface area contributed by atoms with Gasteiger partial charge in [-0.15, -0.1) is 18.2 Å². The molecular formula is C24H31NO2S. The van der Waals surface area contributed by atoms with Gasteiger partial charge < -0.3 is 9.69 Å². The maximum atomic E-state index is 12.8. The lowest BCUT2D eigenvalue weighted by Crippen LogP contribution is -2.40. The number of nitrogens with zero attached hydrogens (tertiary/aromatic N) is 1. The molecule has 0 spiro atoms. The zero-order chi connectivity index (χ0) is 20.4. The minimum Gasteiger partial charge on any atom is -0.325 e. The molecule has 0 bridgehead atoms. The summed E-state index contributed by atoms with van der Waals surface area (Å²) in [4.78, 5) is 27.1. The number of thioether (sulfide) groups is 1. The van der Waals surface area contributed by atoms with Crippen LogP contribution in [0.15, 0.2) is 34.7 Å². The molecule has 1 fully saturated rings. The normalized spacial score (nSPS) is 17.5. The first-order valence-corrected chi connectivity index (χ1v) is 11.2. The minimum atomic E-state index is 0.0608. The molecule has 0 N–H and O–H groups in total. The Hall–Kier alpha value is -1.99. The molecule has 1 saturated carbocycles. The predicted octanol–water partition coefficient (Wildman–Crippen LogP) is 5.35. The second-order valence-electron chi connectivity index (χ2n) is 7.29. The van der Waals surface area contributed by atoms with E-state index in [4.69, 9.17) is 6.42 Å². The van der Waals surface area contributed by atoms with Gasteiger partial charge in [-0.05, 0) is 62.0 Å². The molecule has 1 amide bonds. The second-order valence-corrected chi connectivity index (χ2v) is 8.43. The van der Waals surface area contributed by atoms with Crippen LogP contribution in [0.1, 0.15) is 64.4 Å². The second kappa shape index (κ2) is 11.8. The van der Waals surface area contributed by atoms with E-state index in [0.717, 1.165) is 31.4 Å². The Morgan fingerprint density at radius 2 is 2.11 bits per heavy atom. The van der Waals surface area contributed by atoms with Crippen LogP contribution in [0.5, 0.6) is 0 Å². The first-order chi connectivity index (χ1) is 13.6. The number of terminal acetylenes is 1. The van der Waals surface area contributed by atoms with E-state index in [0.29, 0.717) is 25.8 Å². The molecule has 0 heterocycles. The number of carbonyl (C=O) groups is 2. The molecule has 0 radical (unpaired) electrons. The van der Waals surface area contributed by atoms with Gasteiger partial charge in [0.1, 0.15) is 5.78 Å². The molecule has 1 atom stereocenters. The fourth-order valence-corrected chi connectivity index (χ4v) is 4.51. The lowest BCUT2D eigenvalue weighted by atomic mass is 10.0. The van der Waals surface area contributed by atoms with Crippen molar-refractivity contribution in [3.63, 3.8) is 0 Å². The monoisotopic (exact) mass is 397 g/mol. The van der Waals surface area contributed by atoms with Gasteiger partial charge in [0.15, 0.2) is 0 Å². The van der Waals surface area contributed by atoms with Gasteiger partial charge in [0.05, 0.1) is 12.6 Å². The molecular weight excluding hydrogens is 366 g/mol. The molecule has 3 nitrogen and oxygen atoms in total. The molecule has 1 aliphatic carbocycles. The average Bonchev–Trinajstić information content (AvgIpc) is 3.12. The van der Waals surface area contributed by atoms with Gasteiger partial charge in [-0.25, -0.2) is 0 Å². The summed E-state index contributed by atoms with van der Waals surface area (Å²) in [5.41, 5.74) is 2.52. The van der Waals surface area contributed by atoms with Crippen molar-refractivity contribution >= 4 is 29.5 Å². The van der Waals surface area contributed by atoms with Crippen LogP contribution >= 0.6 is 11.8 Å². The summed E-state index contributed by atoms with van der Waals surface area (Å²) < 4.78 is 0. The van der Waals surface area contributed by atoms with E-state index in [9.17, 15) is 9.59 Å². The molecule has 1 aromatic carbocycles. The maximum Gasteiger partial charge on any atom is 0.223 e. The zero-order valence-corrected chi connectivity index (χ0v) is 17.9. The summed E-state index contributed by atoms with van der Waals surface area (Å²) in [7, 11) is 0. The summed E-state index contributed by atoms with van der Waals surface area (Å²) >= 11 is 1.88. The third-order valence-electron chi connectivity index (χ3n) is 4.97. The van der Waals surface area contributed by atoms with Gasteiger partial charge in [-0.1, -0.05) is 37.1 Å².